The van der Waals surface area contributed by atoms with Gasteiger partial charge in [0, 0.05) is 0 Å². The number of para-hydroxylation sites is 1. The van der Waals surface area contributed by atoms with E-state index in [0.717, 1.165) is 15.2 Å². The lowest BCUT2D eigenvalue weighted by Crippen LogP contribution is -2.31. The SMILES string of the molecule is COC(=O)CNC(=O)CSc1nnc2sc3ccccc3n12. The van der Waals surface area contributed by atoms with Crippen molar-refractivity contribution in [1.29, 1.82) is 0 Å². The van der Waals surface area contributed by atoms with E-state index in [1.165, 1.54) is 18.9 Å². The van der Waals surface area contributed by atoms with E-state index >= 15 is 0 Å². The molecule has 0 saturated heterocycles. The van der Waals surface area contributed by atoms with Crippen molar-refractivity contribution in [1.82, 2.24) is 19.9 Å². The number of rotatable bonds is 5. The number of hydrogen-bond donors (Lipinski definition) is 1. The average Bonchev–Trinajstić information content (AvgIpc) is 3.09. The van der Waals surface area contributed by atoms with Gasteiger partial charge in [-0.15, -0.1) is 10.2 Å². The van der Waals surface area contributed by atoms with Gasteiger partial charge >= 0.3 is 5.97 Å². The van der Waals surface area contributed by atoms with E-state index in [1.54, 1.807) is 11.3 Å². The molecule has 7 nitrogen and oxygen atoms in total. The van der Waals surface area contributed by atoms with Gasteiger partial charge in [-0.1, -0.05) is 35.2 Å². The molecule has 0 atom stereocenters. The summed E-state index contributed by atoms with van der Waals surface area (Å²) in [6, 6.07) is 7.93. The number of fused-ring (bicyclic) bond motifs is 3. The summed E-state index contributed by atoms with van der Waals surface area (Å²) in [4.78, 5) is 23.5. The molecular weight excluding hydrogens is 324 g/mol. The number of thioether (sulfide) groups is 1. The van der Waals surface area contributed by atoms with Crippen LogP contribution in [0.4, 0.5) is 0 Å². The van der Waals surface area contributed by atoms with Crippen LogP contribution in [0.25, 0.3) is 15.2 Å². The molecule has 0 unspecified atom stereocenters. The van der Waals surface area contributed by atoms with Gasteiger partial charge in [-0.05, 0) is 12.1 Å². The number of hydrogen-bond acceptors (Lipinski definition) is 7. The predicted octanol–water partition coefficient (Wildman–Crippen LogP) is 1.33. The van der Waals surface area contributed by atoms with Gasteiger partial charge < -0.3 is 10.1 Å². The largest absolute Gasteiger partial charge is 0.468 e. The smallest absolute Gasteiger partial charge is 0.325 e. The molecule has 9 heteroatoms. The number of aromatic nitrogens is 3. The van der Waals surface area contributed by atoms with Crippen LogP contribution in [-0.4, -0.2) is 45.9 Å². The van der Waals surface area contributed by atoms with Crippen LogP contribution in [0.15, 0.2) is 29.4 Å². The molecule has 2 aromatic heterocycles. The zero-order valence-electron chi connectivity index (χ0n) is 11.6. The highest BCUT2D eigenvalue weighted by Crippen LogP contribution is 2.29. The number of esters is 1. The first-order valence-corrected chi connectivity index (χ1v) is 8.18. The average molecular weight is 336 g/mol. The second-order valence-electron chi connectivity index (χ2n) is 4.31. The number of carbonyl (C=O) groups is 2. The standard InChI is InChI=1S/C13H12N4O3S2/c1-20-11(19)6-14-10(18)7-21-12-15-16-13-17(12)8-4-2-3-5-9(8)22-13/h2-5H,6-7H2,1H3,(H,14,18). The quantitative estimate of drug-likeness (QED) is 0.559. The minimum Gasteiger partial charge on any atom is -0.468 e. The lowest BCUT2D eigenvalue weighted by Gasteiger charge is -2.02. The van der Waals surface area contributed by atoms with E-state index in [9.17, 15) is 9.59 Å². The summed E-state index contributed by atoms with van der Waals surface area (Å²) in [7, 11) is 1.28. The van der Waals surface area contributed by atoms with Gasteiger partial charge in [0.05, 0.1) is 23.1 Å². The Bertz CT molecular complexity index is 842. The molecule has 22 heavy (non-hydrogen) atoms. The lowest BCUT2D eigenvalue weighted by atomic mass is 10.3. The van der Waals surface area contributed by atoms with Crippen molar-refractivity contribution in [3.63, 3.8) is 0 Å². The number of thiazole rings is 1. The normalized spacial score (nSPS) is 11.0. The third-order valence-corrected chi connectivity index (χ3v) is 4.84. The minimum absolute atomic E-state index is 0.132. The maximum atomic E-state index is 11.7. The molecule has 0 saturated carbocycles. The Morgan fingerprint density at radius 3 is 3.00 bits per heavy atom. The zero-order chi connectivity index (χ0) is 15.5. The van der Waals surface area contributed by atoms with E-state index in [-0.39, 0.29) is 18.2 Å². The Morgan fingerprint density at radius 2 is 2.18 bits per heavy atom. The first-order valence-electron chi connectivity index (χ1n) is 6.38. The van der Waals surface area contributed by atoms with Crippen LogP contribution in [-0.2, 0) is 14.3 Å². The zero-order valence-corrected chi connectivity index (χ0v) is 13.2. The molecule has 0 aliphatic carbocycles. The van der Waals surface area contributed by atoms with Crippen LogP contribution in [0.2, 0.25) is 0 Å². The lowest BCUT2D eigenvalue weighted by molar-refractivity contribution is -0.140. The van der Waals surface area contributed by atoms with Crippen molar-refractivity contribution in [3.05, 3.63) is 24.3 Å². The molecule has 0 spiro atoms. The highest BCUT2D eigenvalue weighted by atomic mass is 32.2. The number of carbonyl (C=O) groups excluding carboxylic acids is 2. The van der Waals surface area contributed by atoms with Crippen LogP contribution < -0.4 is 5.32 Å². The third kappa shape index (κ3) is 2.90. The molecule has 0 bridgehead atoms. The maximum absolute atomic E-state index is 11.7. The molecule has 1 amide bonds. The molecule has 1 aromatic carbocycles. The number of amides is 1. The van der Waals surface area contributed by atoms with Gasteiger partial charge in [0.1, 0.15) is 6.54 Å². The Balaban J connectivity index is 1.72. The van der Waals surface area contributed by atoms with Crippen LogP contribution in [0.1, 0.15) is 0 Å². The van der Waals surface area contributed by atoms with E-state index < -0.39 is 5.97 Å². The van der Waals surface area contributed by atoms with Gasteiger partial charge in [-0.3, -0.25) is 14.0 Å². The first-order chi connectivity index (χ1) is 10.7. The summed E-state index contributed by atoms with van der Waals surface area (Å²) < 4.78 is 7.50. The molecular formula is C13H12N4O3S2. The minimum atomic E-state index is -0.480. The molecule has 0 aliphatic heterocycles. The van der Waals surface area contributed by atoms with Crippen molar-refractivity contribution in [3.8, 4) is 0 Å². The van der Waals surface area contributed by atoms with Crippen LogP contribution in [0, 0.1) is 0 Å². The number of benzene rings is 1. The molecule has 0 aliphatic rings. The molecule has 3 rings (SSSR count). The summed E-state index contributed by atoms with van der Waals surface area (Å²) >= 11 is 2.82. The van der Waals surface area contributed by atoms with E-state index in [4.69, 9.17) is 0 Å². The summed E-state index contributed by atoms with van der Waals surface area (Å²) in [6.07, 6.45) is 0. The summed E-state index contributed by atoms with van der Waals surface area (Å²) in [5.41, 5.74) is 1.02. The number of nitrogens with one attached hydrogen (secondary N) is 1. The number of ether oxygens (including phenoxy) is 1. The topological polar surface area (TPSA) is 85.6 Å². The Hall–Kier alpha value is -2.13. The van der Waals surface area contributed by atoms with Gasteiger partial charge in [-0.2, -0.15) is 0 Å². The Kier molecular flexibility index (Phi) is 4.25. The number of nitrogens with zero attached hydrogens (tertiary/aromatic N) is 3. The van der Waals surface area contributed by atoms with Crippen LogP contribution >= 0.6 is 23.1 Å². The number of methoxy groups -OCH3 is 1. The van der Waals surface area contributed by atoms with Crippen molar-refractivity contribution in [2.24, 2.45) is 0 Å². The molecule has 114 valence electrons. The van der Waals surface area contributed by atoms with E-state index in [1.807, 2.05) is 28.7 Å². The predicted molar refractivity (Wildman–Crippen MR) is 84.1 cm³/mol. The first kappa shape index (κ1) is 14.8. The van der Waals surface area contributed by atoms with E-state index in [0.29, 0.717) is 5.16 Å². The van der Waals surface area contributed by atoms with Crippen molar-refractivity contribution >= 4 is 50.2 Å². The highest BCUT2D eigenvalue weighted by molar-refractivity contribution is 7.99. The van der Waals surface area contributed by atoms with Crippen molar-refractivity contribution < 1.29 is 14.3 Å². The fourth-order valence-electron chi connectivity index (χ4n) is 1.87. The molecule has 0 fully saturated rings. The molecule has 1 N–H and O–H groups in total. The maximum Gasteiger partial charge on any atom is 0.325 e. The highest BCUT2D eigenvalue weighted by Gasteiger charge is 2.14. The fraction of sp³-hybridized carbons (Fsp3) is 0.231. The van der Waals surface area contributed by atoms with Crippen molar-refractivity contribution in [2.75, 3.05) is 19.4 Å². The molecule has 0 radical (unpaired) electrons. The molecule has 2 heterocycles. The third-order valence-electron chi connectivity index (χ3n) is 2.90. The summed E-state index contributed by atoms with van der Waals surface area (Å²) in [5.74, 6) is -0.583. The summed E-state index contributed by atoms with van der Waals surface area (Å²) in [6.45, 7) is -0.132. The van der Waals surface area contributed by atoms with Crippen LogP contribution in [0.3, 0.4) is 0 Å². The second kappa shape index (κ2) is 6.32. The van der Waals surface area contributed by atoms with Gasteiger partial charge in [0.2, 0.25) is 10.9 Å². The van der Waals surface area contributed by atoms with Gasteiger partial charge in [-0.25, -0.2) is 0 Å². The van der Waals surface area contributed by atoms with Gasteiger partial charge in [0.25, 0.3) is 0 Å². The monoisotopic (exact) mass is 336 g/mol. The van der Waals surface area contributed by atoms with Crippen LogP contribution in [0.5, 0.6) is 0 Å². The second-order valence-corrected chi connectivity index (χ2v) is 6.26. The fourth-order valence-corrected chi connectivity index (χ4v) is 3.67. The molecule has 3 aromatic rings. The van der Waals surface area contributed by atoms with Crippen molar-refractivity contribution in [2.45, 2.75) is 5.16 Å². The van der Waals surface area contributed by atoms with Gasteiger partial charge in [0.15, 0.2) is 5.16 Å². The Labute approximate surface area is 133 Å². The Morgan fingerprint density at radius 1 is 1.36 bits per heavy atom. The summed E-state index contributed by atoms with van der Waals surface area (Å²) in [5, 5.41) is 11.4. The van der Waals surface area contributed by atoms with E-state index in [2.05, 4.69) is 20.3 Å².